The quantitative estimate of drug-likeness (QED) is 0.887. The fourth-order valence-corrected chi connectivity index (χ4v) is 2.79. The zero-order valence-corrected chi connectivity index (χ0v) is 10.3. The van der Waals surface area contributed by atoms with Crippen LogP contribution in [0.15, 0.2) is 18.6 Å². The smallest absolute Gasteiger partial charge is 0.119 e. The molecule has 4 nitrogen and oxygen atoms in total. The van der Waals surface area contributed by atoms with Gasteiger partial charge >= 0.3 is 0 Å². The fraction of sp³-hybridized carbons (Fsp3) is 0.417. The van der Waals surface area contributed by atoms with Crippen molar-refractivity contribution in [3.63, 3.8) is 0 Å². The first kappa shape index (κ1) is 10.9. The summed E-state index contributed by atoms with van der Waals surface area (Å²) in [6.07, 6.45) is 6.09. The average Bonchev–Trinajstić information content (AvgIpc) is 2.99. The molecule has 2 N–H and O–H groups in total. The van der Waals surface area contributed by atoms with Crippen molar-refractivity contribution < 1.29 is 0 Å². The van der Waals surface area contributed by atoms with Crippen LogP contribution >= 0.6 is 11.6 Å². The molecule has 0 radical (unpaired) electrons. The second kappa shape index (κ2) is 4.20. The first-order valence-corrected chi connectivity index (χ1v) is 6.27. The number of rotatable bonds is 2. The van der Waals surface area contributed by atoms with E-state index in [0.717, 1.165) is 30.0 Å². The standard InChI is InChI=1S/C12H15ClN4/c13-10-5-9(6-14)12(16-3-1-2-4-16)17-8-15-7-11(10)17/h5,7-8H,1-4,6,14H2. The summed E-state index contributed by atoms with van der Waals surface area (Å²) < 4.78 is 2.05. The number of pyridine rings is 1. The van der Waals surface area contributed by atoms with E-state index < -0.39 is 0 Å². The van der Waals surface area contributed by atoms with Crippen LogP contribution in [0.4, 0.5) is 5.82 Å². The monoisotopic (exact) mass is 250 g/mol. The van der Waals surface area contributed by atoms with Crippen molar-refractivity contribution in [3.05, 3.63) is 29.2 Å². The zero-order valence-electron chi connectivity index (χ0n) is 9.56. The Morgan fingerprint density at radius 2 is 2.12 bits per heavy atom. The molecule has 0 unspecified atom stereocenters. The van der Waals surface area contributed by atoms with Gasteiger partial charge in [0, 0.05) is 25.2 Å². The first-order valence-electron chi connectivity index (χ1n) is 5.89. The lowest BCUT2D eigenvalue weighted by Gasteiger charge is -2.22. The molecule has 0 spiro atoms. The number of nitrogens with zero attached hydrogens (tertiary/aromatic N) is 3. The molecule has 17 heavy (non-hydrogen) atoms. The third-order valence-electron chi connectivity index (χ3n) is 3.33. The number of anilines is 1. The van der Waals surface area contributed by atoms with Crippen molar-refractivity contribution in [1.82, 2.24) is 9.38 Å². The predicted molar refractivity (Wildman–Crippen MR) is 69.5 cm³/mol. The lowest BCUT2D eigenvalue weighted by atomic mass is 10.2. The zero-order chi connectivity index (χ0) is 11.8. The summed E-state index contributed by atoms with van der Waals surface area (Å²) in [7, 11) is 0. The van der Waals surface area contributed by atoms with Crippen molar-refractivity contribution in [2.75, 3.05) is 18.0 Å². The maximum atomic E-state index is 6.23. The van der Waals surface area contributed by atoms with E-state index in [1.807, 2.05) is 12.4 Å². The molecule has 90 valence electrons. The molecule has 5 heteroatoms. The number of hydrogen-bond acceptors (Lipinski definition) is 3. The van der Waals surface area contributed by atoms with E-state index in [-0.39, 0.29) is 0 Å². The average molecular weight is 251 g/mol. The van der Waals surface area contributed by atoms with Gasteiger partial charge < -0.3 is 10.6 Å². The Hall–Kier alpha value is -1.26. The number of fused-ring (bicyclic) bond motifs is 1. The Labute approximate surface area is 105 Å². The minimum Gasteiger partial charge on any atom is -0.357 e. The minimum absolute atomic E-state index is 0.500. The molecule has 0 bridgehead atoms. The third kappa shape index (κ3) is 1.68. The summed E-state index contributed by atoms with van der Waals surface area (Å²) >= 11 is 6.23. The van der Waals surface area contributed by atoms with Crippen LogP contribution < -0.4 is 10.6 Å². The normalized spacial score (nSPS) is 16.0. The van der Waals surface area contributed by atoms with E-state index in [9.17, 15) is 0 Å². The second-order valence-electron chi connectivity index (χ2n) is 4.39. The van der Waals surface area contributed by atoms with Crippen LogP contribution in [0.2, 0.25) is 5.02 Å². The van der Waals surface area contributed by atoms with E-state index in [1.54, 1.807) is 6.20 Å². The van der Waals surface area contributed by atoms with Gasteiger partial charge in [-0.3, -0.25) is 4.40 Å². The summed E-state index contributed by atoms with van der Waals surface area (Å²) in [5.74, 6) is 1.15. The molecule has 1 aliphatic rings. The highest BCUT2D eigenvalue weighted by atomic mass is 35.5. The second-order valence-corrected chi connectivity index (χ2v) is 4.80. The largest absolute Gasteiger partial charge is 0.357 e. The van der Waals surface area contributed by atoms with E-state index >= 15 is 0 Å². The molecular weight excluding hydrogens is 236 g/mol. The maximum absolute atomic E-state index is 6.23. The summed E-state index contributed by atoms with van der Waals surface area (Å²) in [5.41, 5.74) is 7.86. The molecule has 0 aromatic carbocycles. The number of hydrogen-bond donors (Lipinski definition) is 1. The summed E-state index contributed by atoms with van der Waals surface area (Å²) in [6, 6.07) is 1.96. The Kier molecular flexibility index (Phi) is 2.68. The Morgan fingerprint density at radius 1 is 1.35 bits per heavy atom. The molecule has 0 amide bonds. The van der Waals surface area contributed by atoms with Crippen LogP contribution in [0.5, 0.6) is 0 Å². The van der Waals surface area contributed by atoms with Gasteiger partial charge in [-0.2, -0.15) is 0 Å². The highest BCUT2D eigenvalue weighted by Crippen LogP contribution is 2.30. The highest BCUT2D eigenvalue weighted by Gasteiger charge is 2.19. The van der Waals surface area contributed by atoms with Crippen LogP contribution in [-0.2, 0) is 6.54 Å². The van der Waals surface area contributed by atoms with Gasteiger partial charge in [0.15, 0.2) is 0 Å². The summed E-state index contributed by atoms with van der Waals surface area (Å²) in [4.78, 5) is 6.55. The highest BCUT2D eigenvalue weighted by molar-refractivity contribution is 6.34. The van der Waals surface area contributed by atoms with Gasteiger partial charge in [0.25, 0.3) is 0 Å². The molecule has 1 saturated heterocycles. The molecule has 0 saturated carbocycles. The van der Waals surface area contributed by atoms with Gasteiger partial charge in [-0.15, -0.1) is 0 Å². The van der Waals surface area contributed by atoms with Crippen LogP contribution in [-0.4, -0.2) is 22.5 Å². The van der Waals surface area contributed by atoms with E-state index in [1.165, 1.54) is 12.8 Å². The predicted octanol–water partition coefficient (Wildman–Crippen LogP) is 2.05. The van der Waals surface area contributed by atoms with Gasteiger partial charge in [0.2, 0.25) is 0 Å². The fourth-order valence-electron chi connectivity index (χ4n) is 2.52. The number of halogens is 1. The van der Waals surface area contributed by atoms with Crippen LogP contribution in [0.1, 0.15) is 18.4 Å². The summed E-state index contributed by atoms with van der Waals surface area (Å²) in [6.45, 7) is 2.67. The van der Waals surface area contributed by atoms with Crippen molar-refractivity contribution >= 4 is 22.9 Å². The Bertz CT molecular complexity index is 543. The van der Waals surface area contributed by atoms with Crippen molar-refractivity contribution in [1.29, 1.82) is 0 Å². The lowest BCUT2D eigenvalue weighted by Crippen LogP contribution is -2.23. The van der Waals surface area contributed by atoms with E-state index in [0.29, 0.717) is 11.6 Å². The number of nitrogens with two attached hydrogens (primary N) is 1. The van der Waals surface area contributed by atoms with Gasteiger partial charge in [-0.1, -0.05) is 11.6 Å². The van der Waals surface area contributed by atoms with Crippen molar-refractivity contribution in [2.45, 2.75) is 19.4 Å². The molecule has 1 aliphatic heterocycles. The third-order valence-corrected chi connectivity index (χ3v) is 3.63. The number of aromatic nitrogens is 2. The molecule has 3 rings (SSSR count). The SMILES string of the molecule is NCc1cc(Cl)c2cncn2c1N1CCCC1. The van der Waals surface area contributed by atoms with E-state index in [4.69, 9.17) is 17.3 Å². The molecule has 3 heterocycles. The van der Waals surface area contributed by atoms with Crippen LogP contribution in [0.25, 0.3) is 5.52 Å². The topological polar surface area (TPSA) is 46.6 Å². The van der Waals surface area contributed by atoms with Gasteiger partial charge in [-0.25, -0.2) is 4.98 Å². The maximum Gasteiger partial charge on any atom is 0.119 e. The number of imidazole rings is 1. The van der Waals surface area contributed by atoms with Gasteiger partial charge in [0.1, 0.15) is 12.1 Å². The molecule has 0 atom stereocenters. The minimum atomic E-state index is 0.500. The molecule has 2 aromatic rings. The van der Waals surface area contributed by atoms with Crippen LogP contribution in [0, 0.1) is 0 Å². The van der Waals surface area contributed by atoms with Crippen molar-refractivity contribution in [3.8, 4) is 0 Å². The molecule has 0 aliphatic carbocycles. The van der Waals surface area contributed by atoms with Gasteiger partial charge in [-0.05, 0) is 18.9 Å². The first-order chi connectivity index (χ1) is 8.31. The summed E-state index contributed by atoms with van der Waals surface area (Å²) in [5, 5.41) is 0.714. The molecule has 2 aromatic heterocycles. The van der Waals surface area contributed by atoms with Gasteiger partial charge in [0.05, 0.1) is 16.7 Å². The lowest BCUT2D eigenvalue weighted by molar-refractivity contribution is 0.887. The van der Waals surface area contributed by atoms with Crippen molar-refractivity contribution in [2.24, 2.45) is 5.73 Å². The van der Waals surface area contributed by atoms with Crippen LogP contribution in [0.3, 0.4) is 0 Å². The molecular formula is C12H15ClN4. The molecule has 1 fully saturated rings. The Balaban J connectivity index is 2.25. The van der Waals surface area contributed by atoms with E-state index in [2.05, 4.69) is 14.3 Å². The Morgan fingerprint density at radius 3 is 2.82 bits per heavy atom.